The molecule has 1 aliphatic rings. The van der Waals surface area contributed by atoms with Gasteiger partial charge in [0, 0.05) is 24.8 Å². The predicted octanol–water partition coefficient (Wildman–Crippen LogP) is 2.58. The summed E-state index contributed by atoms with van der Waals surface area (Å²) >= 11 is 3.35. The molecular weight excluding hydrogens is 308 g/mol. The highest BCUT2D eigenvalue weighted by Crippen LogP contribution is 2.25. The number of benzene rings is 1. The smallest absolute Gasteiger partial charge is 0.252 e. The maximum Gasteiger partial charge on any atom is 0.252 e. The van der Waals surface area contributed by atoms with Gasteiger partial charge >= 0.3 is 0 Å². The third-order valence-corrected chi connectivity index (χ3v) is 4.43. The van der Waals surface area contributed by atoms with Gasteiger partial charge in [-0.2, -0.15) is 0 Å². The number of nitrogen functional groups attached to an aromatic ring is 1. The van der Waals surface area contributed by atoms with Gasteiger partial charge in [0.2, 0.25) is 0 Å². The Kier molecular flexibility index (Phi) is 4.82. The van der Waals surface area contributed by atoms with Crippen LogP contribution in [-0.4, -0.2) is 25.2 Å². The van der Waals surface area contributed by atoms with Gasteiger partial charge in [0.15, 0.2) is 0 Å². The van der Waals surface area contributed by atoms with Crippen molar-refractivity contribution in [2.24, 2.45) is 5.92 Å². The molecule has 0 radical (unpaired) electrons. The molecule has 1 aliphatic heterocycles. The predicted molar refractivity (Wildman–Crippen MR) is 79.0 cm³/mol. The van der Waals surface area contributed by atoms with E-state index in [0.717, 1.165) is 19.4 Å². The van der Waals surface area contributed by atoms with E-state index >= 15 is 0 Å². The molecule has 1 aromatic carbocycles. The van der Waals surface area contributed by atoms with Crippen LogP contribution in [0.5, 0.6) is 0 Å². The molecule has 0 aliphatic carbocycles. The van der Waals surface area contributed by atoms with Crippen LogP contribution in [0.2, 0.25) is 0 Å². The molecule has 4 nitrogen and oxygen atoms in total. The van der Waals surface area contributed by atoms with Gasteiger partial charge in [0.05, 0.1) is 16.1 Å². The average molecular weight is 327 g/mol. The van der Waals surface area contributed by atoms with Gasteiger partial charge in [-0.1, -0.05) is 13.0 Å². The minimum absolute atomic E-state index is 0.0964. The molecule has 1 amide bonds. The zero-order chi connectivity index (χ0) is 13.8. The van der Waals surface area contributed by atoms with E-state index in [2.05, 4.69) is 28.2 Å². The lowest BCUT2D eigenvalue weighted by Gasteiger charge is -2.17. The Morgan fingerprint density at radius 2 is 2.37 bits per heavy atom. The highest BCUT2D eigenvalue weighted by Gasteiger charge is 2.27. The lowest BCUT2D eigenvalue weighted by Crippen LogP contribution is -2.32. The van der Waals surface area contributed by atoms with Crippen LogP contribution in [0.4, 0.5) is 5.69 Å². The number of halogens is 1. The van der Waals surface area contributed by atoms with Crippen LogP contribution in [0, 0.1) is 5.92 Å². The summed E-state index contributed by atoms with van der Waals surface area (Å²) in [7, 11) is 0. The summed E-state index contributed by atoms with van der Waals surface area (Å²) in [6.45, 7) is 3.55. The van der Waals surface area contributed by atoms with Gasteiger partial charge in [0.25, 0.3) is 5.91 Å². The monoisotopic (exact) mass is 326 g/mol. The molecule has 1 fully saturated rings. The van der Waals surface area contributed by atoms with Gasteiger partial charge in [0.1, 0.15) is 0 Å². The first-order valence-electron chi connectivity index (χ1n) is 6.57. The van der Waals surface area contributed by atoms with E-state index in [1.807, 2.05) is 0 Å². The summed E-state index contributed by atoms with van der Waals surface area (Å²) in [5, 5.41) is 2.97. The summed E-state index contributed by atoms with van der Waals surface area (Å²) in [6, 6.07) is 5.31. The molecule has 19 heavy (non-hydrogen) atoms. The van der Waals surface area contributed by atoms with Crippen molar-refractivity contribution in [1.29, 1.82) is 0 Å². The number of hydrogen-bond donors (Lipinski definition) is 2. The van der Waals surface area contributed by atoms with Crippen LogP contribution < -0.4 is 11.1 Å². The molecule has 1 heterocycles. The molecule has 0 spiro atoms. The van der Waals surface area contributed by atoms with Gasteiger partial charge in [-0.3, -0.25) is 4.79 Å². The SMILES string of the molecule is CCC1OCCC1CNC(=O)c1cccc(N)c1Br. The topological polar surface area (TPSA) is 64.3 Å². The molecule has 2 atom stereocenters. The fourth-order valence-electron chi connectivity index (χ4n) is 2.42. The first-order chi connectivity index (χ1) is 9.13. The highest BCUT2D eigenvalue weighted by molar-refractivity contribution is 9.10. The molecule has 0 saturated carbocycles. The Balaban J connectivity index is 1.96. The van der Waals surface area contributed by atoms with Crippen LogP contribution in [0.1, 0.15) is 30.1 Å². The molecule has 0 bridgehead atoms. The number of nitrogens with one attached hydrogen (secondary N) is 1. The van der Waals surface area contributed by atoms with E-state index in [9.17, 15) is 4.79 Å². The lowest BCUT2D eigenvalue weighted by molar-refractivity contribution is 0.0826. The van der Waals surface area contributed by atoms with Crippen LogP contribution in [0.15, 0.2) is 22.7 Å². The van der Waals surface area contributed by atoms with E-state index in [1.165, 1.54) is 0 Å². The second-order valence-corrected chi connectivity index (χ2v) is 5.58. The van der Waals surface area contributed by atoms with Gasteiger partial charge in [-0.15, -0.1) is 0 Å². The van der Waals surface area contributed by atoms with Crippen LogP contribution >= 0.6 is 15.9 Å². The minimum atomic E-state index is -0.0964. The Labute approximate surface area is 121 Å². The van der Waals surface area contributed by atoms with E-state index in [-0.39, 0.29) is 12.0 Å². The summed E-state index contributed by atoms with van der Waals surface area (Å²) in [5.74, 6) is 0.315. The van der Waals surface area contributed by atoms with Crippen LogP contribution in [-0.2, 0) is 4.74 Å². The number of ether oxygens (including phenoxy) is 1. The Morgan fingerprint density at radius 3 is 3.11 bits per heavy atom. The van der Waals surface area contributed by atoms with E-state index in [1.54, 1.807) is 18.2 Å². The fourth-order valence-corrected chi connectivity index (χ4v) is 2.87. The molecule has 2 rings (SSSR count). The number of carbonyl (C=O) groups is 1. The fraction of sp³-hybridized carbons (Fsp3) is 0.500. The van der Waals surface area contributed by atoms with Crippen molar-refractivity contribution in [3.8, 4) is 0 Å². The second-order valence-electron chi connectivity index (χ2n) is 4.79. The zero-order valence-electron chi connectivity index (χ0n) is 11.0. The molecule has 104 valence electrons. The maximum atomic E-state index is 12.1. The minimum Gasteiger partial charge on any atom is -0.398 e. The zero-order valence-corrected chi connectivity index (χ0v) is 12.6. The molecule has 5 heteroatoms. The quantitative estimate of drug-likeness (QED) is 0.836. The molecule has 3 N–H and O–H groups in total. The summed E-state index contributed by atoms with van der Waals surface area (Å²) in [6.07, 6.45) is 2.27. The van der Waals surface area contributed by atoms with E-state index in [0.29, 0.717) is 28.2 Å². The van der Waals surface area contributed by atoms with Gasteiger partial charge in [-0.25, -0.2) is 0 Å². The Morgan fingerprint density at radius 1 is 1.58 bits per heavy atom. The van der Waals surface area contributed by atoms with Crippen molar-refractivity contribution in [2.75, 3.05) is 18.9 Å². The van der Waals surface area contributed by atoms with Crippen molar-refractivity contribution >= 4 is 27.5 Å². The van der Waals surface area contributed by atoms with E-state index in [4.69, 9.17) is 10.5 Å². The standard InChI is InChI=1S/C14H19BrN2O2/c1-2-12-9(6-7-19-12)8-17-14(18)10-4-3-5-11(16)13(10)15/h3-5,9,12H,2,6-8,16H2,1H3,(H,17,18). The summed E-state index contributed by atoms with van der Waals surface area (Å²) < 4.78 is 6.27. The largest absolute Gasteiger partial charge is 0.398 e. The molecule has 1 aromatic rings. The second kappa shape index (κ2) is 6.39. The summed E-state index contributed by atoms with van der Waals surface area (Å²) in [5.41, 5.74) is 6.92. The van der Waals surface area contributed by atoms with Crippen molar-refractivity contribution in [2.45, 2.75) is 25.9 Å². The number of carbonyl (C=O) groups excluding carboxylic acids is 1. The first-order valence-corrected chi connectivity index (χ1v) is 7.36. The van der Waals surface area contributed by atoms with E-state index < -0.39 is 0 Å². The van der Waals surface area contributed by atoms with Crippen molar-refractivity contribution in [3.05, 3.63) is 28.2 Å². The number of nitrogens with two attached hydrogens (primary N) is 1. The van der Waals surface area contributed by atoms with Gasteiger partial charge in [-0.05, 0) is 40.9 Å². The molecule has 1 saturated heterocycles. The summed E-state index contributed by atoms with van der Waals surface area (Å²) in [4.78, 5) is 12.1. The maximum absolute atomic E-state index is 12.1. The Bertz CT molecular complexity index is 465. The van der Waals surface area contributed by atoms with Crippen LogP contribution in [0.25, 0.3) is 0 Å². The van der Waals surface area contributed by atoms with Crippen molar-refractivity contribution < 1.29 is 9.53 Å². The third kappa shape index (κ3) is 3.28. The van der Waals surface area contributed by atoms with Crippen molar-refractivity contribution in [1.82, 2.24) is 5.32 Å². The highest BCUT2D eigenvalue weighted by atomic mass is 79.9. The van der Waals surface area contributed by atoms with Crippen molar-refractivity contribution in [3.63, 3.8) is 0 Å². The molecular formula is C14H19BrN2O2. The average Bonchev–Trinajstić information content (AvgIpc) is 2.86. The lowest BCUT2D eigenvalue weighted by atomic mass is 9.99. The number of hydrogen-bond acceptors (Lipinski definition) is 3. The third-order valence-electron chi connectivity index (χ3n) is 3.55. The number of anilines is 1. The normalized spacial score (nSPS) is 22.4. The Hall–Kier alpha value is -1.07. The van der Waals surface area contributed by atoms with Gasteiger partial charge < -0.3 is 15.8 Å². The van der Waals surface area contributed by atoms with Crippen LogP contribution in [0.3, 0.4) is 0 Å². The molecule has 0 aromatic heterocycles. The number of amides is 1. The molecule has 2 unspecified atom stereocenters. The number of rotatable bonds is 4. The first kappa shape index (κ1) is 14.3.